The van der Waals surface area contributed by atoms with Gasteiger partial charge in [0.15, 0.2) is 0 Å². The highest BCUT2D eigenvalue weighted by molar-refractivity contribution is 7.89. The van der Waals surface area contributed by atoms with Gasteiger partial charge in [-0.1, -0.05) is 24.4 Å². The molecule has 0 atom stereocenters. The highest BCUT2D eigenvalue weighted by Gasteiger charge is 2.28. The molecule has 0 spiro atoms. The lowest BCUT2D eigenvalue weighted by atomic mass is 10.2. The number of aromatic nitrogens is 1. The van der Waals surface area contributed by atoms with Crippen LogP contribution in [-0.2, 0) is 10.0 Å². The number of hydrazine groups is 1. The van der Waals surface area contributed by atoms with E-state index in [1.165, 1.54) is 16.7 Å². The second-order valence-electron chi connectivity index (χ2n) is 4.46. The molecule has 0 saturated carbocycles. The standard InChI is InChI=1S/C11H17ClN4O2S/c12-9-7-14-8-10(11(9)15-13)19(17,18)16-5-3-1-2-4-6-16/h7-8H,1-6,13H2,(H,14,15). The number of nitrogen functional groups attached to an aromatic ring is 1. The Hall–Kier alpha value is -0.890. The van der Waals surface area contributed by atoms with Gasteiger partial charge in [-0.3, -0.25) is 10.8 Å². The molecular formula is C11H17ClN4O2S. The van der Waals surface area contributed by atoms with Gasteiger partial charge in [0.25, 0.3) is 0 Å². The van der Waals surface area contributed by atoms with Crippen molar-refractivity contribution in [2.45, 2.75) is 30.6 Å². The third kappa shape index (κ3) is 3.00. The SMILES string of the molecule is NNc1c(Cl)cncc1S(=O)(=O)N1CCCCCC1. The minimum Gasteiger partial charge on any atom is -0.321 e. The van der Waals surface area contributed by atoms with Crippen LogP contribution in [0.3, 0.4) is 0 Å². The molecule has 1 aliphatic heterocycles. The predicted molar refractivity (Wildman–Crippen MR) is 74.3 cm³/mol. The van der Waals surface area contributed by atoms with Crippen molar-refractivity contribution in [1.82, 2.24) is 9.29 Å². The Morgan fingerprint density at radius 1 is 1.21 bits per heavy atom. The molecule has 1 fully saturated rings. The number of hydrogen-bond acceptors (Lipinski definition) is 5. The fourth-order valence-corrected chi connectivity index (χ4v) is 4.08. The van der Waals surface area contributed by atoms with E-state index in [0.717, 1.165) is 25.7 Å². The van der Waals surface area contributed by atoms with E-state index in [-0.39, 0.29) is 15.6 Å². The van der Waals surface area contributed by atoms with Crippen molar-refractivity contribution in [3.05, 3.63) is 17.4 Å². The Kier molecular flexibility index (Phi) is 4.62. The molecule has 0 aliphatic carbocycles. The lowest BCUT2D eigenvalue weighted by Gasteiger charge is -2.21. The Labute approximate surface area is 118 Å². The molecule has 1 aromatic heterocycles. The fourth-order valence-electron chi connectivity index (χ4n) is 2.17. The van der Waals surface area contributed by atoms with Crippen molar-refractivity contribution in [3.8, 4) is 0 Å². The second kappa shape index (κ2) is 6.04. The van der Waals surface area contributed by atoms with Crippen molar-refractivity contribution >= 4 is 27.3 Å². The smallest absolute Gasteiger partial charge is 0.246 e. The van der Waals surface area contributed by atoms with Gasteiger partial charge in [-0.05, 0) is 12.8 Å². The number of nitrogens with zero attached hydrogens (tertiary/aromatic N) is 2. The molecule has 0 radical (unpaired) electrons. The van der Waals surface area contributed by atoms with E-state index in [0.29, 0.717) is 13.1 Å². The van der Waals surface area contributed by atoms with Crippen molar-refractivity contribution in [2.24, 2.45) is 5.84 Å². The van der Waals surface area contributed by atoms with Gasteiger partial charge in [0, 0.05) is 25.5 Å². The van der Waals surface area contributed by atoms with Gasteiger partial charge in [-0.2, -0.15) is 4.31 Å². The molecule has 19 heavy (non-hydrogen) atoms. The van der Waals surface area contributed by atoms with Crippen LogP contribution in [0.25, 0.3) is 0 Å². The molecule has 0 amide bonds. The van der Waals surface area contributed by atoms with Crippen molar-refractivity contribution in [2.75, 3.05) is 18.5 Å². The molecule has 6 nitrogen and oxygen atoms in total. The normalized spacial score (nSPS) is 18.0. The van der Waals surface area contributed by atoms with Gasteiger partial charge >= 0.3 is 0 Å². The topological polar surface area (TPSA) is 88.3 Å². The molecule has 106 valence electrons. The number of hydrogen-bond donors (Lipinski definition) is 2. The Bertz CT molecular complexity index is 542. The maximum absolute atomic E-state index is 12.6. The number of rotatable bonds is 3. The molecule has 1 aromatic rings. The van der Waals surface area contributed by atoms with E-state index in [9.17, 15) is 8.42 Å². The van der Waals surface area contributed by atoms with Crippen LogP contribution in [0.15, 0.2) is 17.3 Å². The second-order valence-corrected chi connectivity index (χ2v) is 6.77. The van der Waals surface area contributed by atoms with Crippen LogP contribution in [0.2, 0.25) is 5.02 Å². The lowest BCUT2D eigenvalue weighted by molar-refractivity contribution is 0.424. The van der Waals surface area contributed by atoms with Crippen LogP contribution in [0.4, 0.5) is 5.69 Å². The van der Waals surface area contributed by atoms with Crippen LogP contribution in [0.1, 0.15) is 25.7 Å². The first-order valence-electron chi connectivity index (χ1n) is 6.17. The average molecular weight is 305 g/mol. The summed E-state index contributed by atoms with van der Waals surface area (Å²) in [5.74, 6) is 5.36. The summed E-state index contributed by atoms with van der Waals surface area (Å²) in [6, 6.07) is 0. The minimum atomic E-state index is -3.61. The van der Waals surface area contributed by atoms with Crippen LogP contribution >= 0.6 is 11.6 Å². The van der Waals surface area contributed by atoms with Crippen molar-refractivity contribution in [3.63, 3.8) is 0 Å². The number of sulfonamides is 1. The van der Waals surface area contributed by atoms with Crippen LogP contribution in [0, 0.1) is 0 Å². The highest BCUT2D eigenvalue weighted by Crippen LogP contribution is 2.30. The average Bonchev–Trinajstić information content (AvgIpc) is 2.67. The zero-order valence-electron chi connectivity index (χ0n) is 10.5. The molecule has 1 saturated heterocycles. The Balaban J connectivity index is 2.41. The number of nitrogens with two attached hydrogens (primary N) is 1. The van der Waals surface area contributed by atoms with E-state index < -0.39 is 10.0 Å². The zero-order valence-corrected chi connectivity index (χ0v) is 12.0. The first-order chi connectivity index (χ1) is 9.07. The first kappa shape index (κ1) is 14.5. The Morgan fingerprint density at radius 3 is 2.42 bits per heavy atom. The third-order valence-electron chi connectivity index (χ3n) is 3.19. The van der Waals surface area contributed by atoms with Crippen LogP contribution in [0.5, 0.6) is 0 Å². The van der Waals surface area contributed by atoms with Crippen LogP contribution in [-0.4, -0.2) is 30.8 Å². The van der Waals surface area contributed by atoms with Gasteiger partial charge in [-0.25, -0.2) is 8.42 Å². The summed E-state index contributed by atoms with van der Waals surface area (Å²) >= 11 is 5.92. The predicted octanol–water partition coefficient (Wildman–Crippen LogP) is 1.59. The minimum absolute atomic E-state index is 0.0319. The molecule has 2 rings (SSSR count). The number of nitrogens with one attached hydrogen (secondary N) is 1. The molecule has 1 aliphatic rings. The van der Waals surface area contributed by atoms with E-state index in [1.807, 2.05) is 0 Å². The quantitative estimate of drug-likeness (QED) is 0.654. The Morgan fingerprint density at radius 2 is 1.84 bits per heavy atom. The number of pyridine rings is 1. The summed E-state index contributed by atoms with van der Waals surface area (Å²) < 4.78 is 26.7. The molecule has 8 heteroatoms. The molecule has 2 heterocycles. The van der Waals surface area contributed by atoms with Gasteiger partial charge < -0.3 is 5.43 Å². The highest BCUT2D eigenvalue weighted by atomic mass is 35.5. The maximum Gasteiger partial charge on any atom is 0.246 e. The molecule has 0 unspecified atom stereocenters. The monoisotopic (exact) mass is 304 g/mol. The van der Waals surface area contributed by atoms with Crippen molar-refractivity contribution < 1.29 is 8.42 Å². The molecule has 0 aromatic carbocycles. The molecule has 3 N–H and O–H groups in total. The largest absolute Gasteiger partial charge is 0.321 e. The summed E-state index contributed by atoms with van der Waals surface area (Å²) in [6.07, 6.45) is 6.50. The summed E-state index contributed by atoms with van der Waals surface area (Å²) in [7, 11) is -3.61. The number of anilines is 1. The first-order valence-corrected chi connectivity index (χ1v) is 7.99. The van der Waals surface area contributed by atoms with Gasteiger partial charge in [0.05, 0.1) is 10.7 Å². The summed E-state index contributed by atoms with van der Waals surface area (Å²) in [6.45, 7) is 1.05. The molecular weight excluding hydrogens is 288 g/mol. The number of halogens is 1. The van der Waals surface area contributed by atoms with E-state index >= 15 is 0 Å². The fraction of sp³-hybridized carbons (Fsp3) is 0.545. The van der Waals surface area contributed by atoms with Crippen LogP contribution < -0.4 is 11.3 Å². The van der Waals surface area contributed by atoms with Gasteiger partial charge in [0.1, 0.15) is 4.90 Å². The summed E-state index contributed by atoms with van der Waals surface area (Å²) in [4.78, 5) is 3.88. The van der Waals surface area contributed by atoms with E-state index in [1.54, 1.807) is 0 Å². The molecule has 0 bridgehead atoms. The van der Waals surface area contributed by atoms with Crippen molar-refractivity contribution in [1.29, 1.82) is 0 Å². The third-order valence-corrected chi connectivity index (χ3v) is 5.39. The van der Waals surface area contributed by atoms with Gasteiger partial charge in [0.2, 0.25) is 10.0 Å². The van der Waals surface area contributed by atoms with E-state index in [2.05, 4.69) is 10.4 Å². The summed E-state index contributed by atoms with van der Waals surface area (Å²) in [5, 5.41) is 0.193. The maximum atomic E-state index is 12.6. The zero-order chi connectivity index (χ0) is 13.9. The summed E-state index contributed by atoms with van der Waals surface area (Å²) in [5.41, 5.74) is 2.54. The van der Waals surface area contributed by atoms with Gasteiger partial charge in [-0.15, -0.1) is 0 Å². The van der Waals surface area contributed by atoms with E-state index in [4.69, 9.17) is 17.4 Å². The lowest BCUT2D eigenvalue weighted by Crippen LogP contribution is -2.32.